The lowest BCUT2D eigenvalue weighted by atomic mass is 10.0. The number of carboxylic acids is 1. The molecule has 0 saturated carbocycles. The van der Waals surface area contributed by atoms with Crippen molar-refractivity contribution in [2.24, 2.45) is 0 Å². The van der Waals surface area contributed by atoms with Gasteiger partial charge in [0.25, 0.3) is 0 Å². The van der Waals surface area contributed by atoms with Crippen LogP contribution in [0.25, 0.3) is 10.9 Å². The standard InChI is InChI=1S/C25H25ClN4O4S/c26-18-13-20-16(12-23(32)30(20)22(31)5-6-24(33)34)11-15(18)7-9-29-10-8-27-14-21(29)25-17-3-1-2-4-19(17)28-35-25/h1-4,11,13,21,27H,5-10,12,14H2,(H,33,34). The maximum atomic E-state index is 12.5. The monoisotopic (exact) mass is 512 g/mol. The van der Waals surface area contributed by atoms with E-state index in [1.54, 1.807) is 17.6 Å². The van der Waals surface area contributed by atoms with Crippen LogP contribution in [0.1, 0.15) is 34.9 Å². The zero-order valence-corrected chi connectivity index (χ0v) is 20.6. The number of anilines is 1. The lowest BCUT2D eigenvalue weighted by Gasteiger charge is -2.35. The maximum Gasteiger partial charge on any atom is 0.303 e. The number of rotatable bonds is 7. The van der Waals surface area contributed by atoms with Gasteiger partial charge < -0.3 is 10.4 Å². The number of aliphatic carboxylic acids is 1. The summed E-state index contributed by atoms with van der Waals surface area (Å²) in [5.74, 6) is -1.93. The molecule has 2 aliphatic rings. The highest BCUT2D eigenvalue weighted by Gasteiger charge is 2.33. The van der Waals surface area contributed by atoms with Crippen LogP contribution in [0.5, 0.6) is 0 Å². The van der Waals surface area contributed by atoms with E-state index in [2.05, 4.69) is 20.7 Å². The molecule has 2 aromatic carbocycles. The molecule has 1 atom stereocenters. The first-order chi connectivity index (χ1) is 16.9. The van der Waals surface area contributed by atoms with E-state index in [-0.39, 0.29) is 31.2 Å². The van der Waals surface area contributed by atoms with Crippen molar-refractivity contribution in [3.05, 3.63) is 57.4 Å². The molecule has 0 spiro atoms. The summed E-state index contributed by atoms with van der Waals surface area (Å²) in [6, 6.07) is 12.0. The number of aromatic nitrogens is 1. The van der Waals surface area contributed by atoms with Crippen molar-refractivity contribution in [1.82, 2.24) is 14.6 Å². The molecule has 5 rings (SSSR count). The van der Waals surface area contributed by atoms with Gasteiger partial charge in [0.05, 0.1) is 35.0 Å². The topological polar surface area (TPSA) is 103 Å². The van der Waals surface area contributed by atoms with Crippen LogP contribution in [-0.4, -0.2) is 58.3 Å². The van der Waals surface area contributed by atoms with Gasteiger partial charge in [-0.25, -0.2) is 4.90 Å². The van der Waals surface area contributed by atoms with E-state index in [0.717, 1.165) is 47.7 Å². The Kier molecular flexibility index (Phi) is 6.84. The van der Waals surface area contributed by atoms with Gasteiger partial charge in [-0.2, -0.15) is 4.37 Å². The van der Waals surface area contributed by atoms with Crippen molar-refractivity contribution >= 4 is 57.5 Å². The number of carboxylic acid groups (broad SMARTS) is 1. The molecule has 0 aliphatic carbocycles. The van der Waals surface area contributed by atoms with Crippen LogP contribution < -0.4 is 10.2 Å². The Hall–Kier alpha value is -2.85. The summed E-state index contributed by atoms with van der Waals surface area (Å²) in [6.07, 6.45) is 0.281. The van der Waals surface area contributed by atoms with E-state index in [0.29, 0.717) is 17.1 Å². The minimum absolute atomic E-state index is 0.113. The molecule has 2 aliphatic heterocycles. The molecule has 3 heterocycles. The summed E-state index contributed by atoms with van der Waals surface area (Å²) in [5.41, 5.74) is 3.18. The third-order valence-corrected chi connectivity index (χ3v) is 7.95. The first kappa shape index (κ1) is 23.9. The fraction of sp³-hybridized carbons (Fsp3) is 0.360. The summed E-state index contributed by atoms with van der Waals surface area (Å²) in [6.45, 7) is 3.47. The minimum Gasteiger partial charge on any atom is -0.481 e. The fourth-order valence-electron chi connectivity index (χ4n) is 4.86. The fourth-order valence-corrected chi connectivity index (χ4v) is 6.09. The molecule has 1 fully saturated rings. The largest absolute Gasteiger partial charge is 0.481 e. The molecule has 8 nitrogen and oxygen atoms in total. The Balaban J connectivity index is 1.33. The first-order valence-corrected chi connectivity index (χ1v) is 12.8. The first-order valence-electron chi connectivity index (χ1n) is 11.6. The second kappa shape index (κ2) is 10.0. The number of carbonyl (C=O) groups is 3. The number of amides is 2. The molecule has 35 heavy (non-hydrogen) atoms. The smallest absolute Gasteiger partial charge is 0.303 e. The Morgan fingerprint density at radius 3 is 2.89 bits per heavy atom. The number of benzene rings is 2. The number of halogens is 1. The number of hydrogen-bond donors (Lipinski definition) is 2. The van der Waals surface area contributed by atoms with Gasteiger partial charge >= 0.3 is 5.97 Å². The van der Waals surface area contributed by atoms with Gasteiger partial charge in [0.2, 0.25) is 11.8 Å². The zero-order valence-electron chi connectivity index (χ0n) is 19.0. The number of nitrogens with one attached hydrogen (secondary N) is 1. The number of imide groups is 1. The van der Waals surface area contributed by atoms with E-state index in [4.69, 9.17) is 16.7 Å². The van der Waals surface area contributed by atoms with Crippen molar-refractivity contribution < 1.29 is 19.5 Å². The normalized spacial score (nSPS) is 18.3. The third kappa shape index (κ3) is 4.81. The highest BCUT2D eigenvalue weighted by atomic mass is 35.5. The average molecular weight is 513 g/mol. The van der Waals surface area contributed by atoms with Crippen molar-refractivity contribution in [1.29, 1.82) is 0 Å². The summed E-state index contributed by atoms with van der Waals surface area (Å²) in [4.78, 5) is 40.6. The van der Waals surface area contributed by atoms with Gasteiger partial charge in [0.15, 0.2) is 0 Å². The van der Waals surface area contributed by atoms with Crippen LogP contribution in [0.15, 0.2) is 36.4 Å². The highest BCUT2D eigenvalue weighted by molar-refractivity contribution is 7.07. The van der Waals surface area contributed by atoms with Crippen LogP contribution in [-0.2, 0) is 27.2 Å². The molecule has 1 unspecified atom stereocenters. The predicted molar refractivity (Wildman–Crippen MR) is 135 cm³/mol. The molecule has 2 N–H and O–H groups in total. The summed E-state index contributed by atoms with van der Waals surface area (Å²) in [5, 5.41) is 14.1. The molecule has 2 amide bonds. The van der Waals surface area contributed by atoms with Gasteiger partial charge in [-0.3, -0.25) is 19.3 Å². The van der Waals surface area contributed by atoms with Crippen molar-refractivity contribution in [3.63, 3.8) is 0 Å². The quantitative estimate of drug-likeness (QED) is 0.500. The number of fused-ring (bicyclic) bond motifs is 2. The molecule has 1 saturated heterocycles. The number of carbonyl (C=O) groups excluding carboxylic acids is 2. The highest BCUT2D eigenvalue weighted by Crippen LogP contribution is 2.36. The Labute approximate surface area is 211 Å². The second-order valence-corrected chi connectivity index (χ2v) is 10.0. The molecule has 0 radical (unpaired) electrons. The third-order valence-electron chi connectivity index (χ3n) is 6.62. The molecule has 3 aromatic rings. The SMILES string of the molecule is O=C(O)CCC(=O)N1C(=O)Cc2cc(CCN3CCNCC3c3snc4ccccc34)c(Cl)cc21. The summed E-state index contributed by atoms with van der Waals surface area (Å²) < 4.78 is 4.62. The number of hydrogen-bond acceptors (Lipinski definition) is 7. The molecule has 182 valence electrons. The second-order valence-electron chi connectivity index (χ2n) is 8.84. The summed E-state index contributed by atoms with van der Waals surface area (Å²) in [7, 11) is 0. The molecule has 0 bridgehead atoms. The minimum atomic E-state index is -1.07. The van der Waals surface area contributed by atoms with Gasteiger partial charge in [0, 0.05) is 43.0 Å². The number of nitrogens with zero attached hydrogens (tertiary/aromatic N) is 3. The van der Waals surface area contributed by atoms with Gasteiger partial charge in [-0.1, -0.05) is 35.9 Å². The lowest BCUT2D eigenvalue weighted by molar-refractivity contribution is -0.139. The van der Waals surface area contributed by atoms with E-state index in [1.165, 1.54) is 10.3 Å². The van der Waals surface area contributed by atoms with Gasteiger partial charge in [-0.05, 0) is 41.2 Å². The molecular formula is C25H25ClN4O4S. The van der Waals surface area contributed by atoms with Crippen LogP contribution >= 0.6 is 23.1 Å². The van der Waals surface area contributed by atoms with Gasteiger partial charge in [-0.15, -0.1) is 0 Å². The predicted octanol–water partition coefficient (Wildman–Crippen LogP) is 3.42. The van der Waals surface area contributed by atoms with E-state index in [9.17, 15) is 14.4 Å². The van der Waals surface area contributed by atoms with Crippen LogP contribution in [0.4, 0.5) is 5.69 Å². The van der Waals surface area contributed by atoms with Crippen molar-refractivity contribution in [2.75, 3.05) is 31.1 Å². The number of piperazine rings is 1. The van der Waals surface area contributed by atoms with Crippen LogP contribution in [0.3, 0.4) is 0 Å². The molecular weight excluding hydrogens is 488 g/mol. The Morgan fingerprint density at radius 1 is 1.23 bits per heavy atom. The van der Waals surface area contributed by atoms with Gasteiger partial charge in [0.1, 0.15) is 0 Å². The zero-order chi connectivity index (χ0) is 24.5. The lowest BCUT2D eigenvalue weighted by Crippen LogP contribution is -2.46. The van der Waals surface area contributed by atoms with E-state index < -0.39 is 11.9 Å². The Bertz CT molecular complexity index is 1310. The summed E-state index contributed by atoms with van der Waals surface area (Å²) >= 11 is 8.16. The Morgan fingerprint density at radius 2 is 2.06 bits per heavy atom. The van der Waals surface area contributed by atoms with Crippen molar-refractivity contribution in [3.8, 4) is 0 Å². The maximum absolute atomic E-state index is 12.5. The molecule has 1 aromatic heterocycles. The van der Waals surface area contributed by atoms with Crippen LogP contribution in [0, 0.1) is 0 Å². The average Bonchev–Trinajstić information content (AvgIpc) is 3.41. The van der Waals surface area contributed by atoms with Crippen LogP contribution in [0.2, 0.25) is 5.02 Å². The van der Waals surface area contributed by atoms with Crippen molar-refractivity contribution in [2.45, 2.75) is 31.7 Å². The molecule has 10 heteroatoms. The van der Waals surface area contributed by atoms with E-state index >= 15 is 0 Å². The van der Waals surface area contributed by atoms with E-state index in [1.807, 2.05) is 24.3 Å².